The fourth-order valence-corrected chi connectivity index (χ4v) is 5.43. The lowest BCUT2D eigenvalue weighted by molar-refractivity contribution is -0.141. The fraction of sp³-hybridized carbons (Fsp3) is 0.500. The molecule has 1 saturated carbocycles. The number of sulfonamides is 1. The third-order valence-corrected chi connectivity index (χ3v) is 6.47. The first-order valence-electron chi connectivity index (χ1n) is 7.03. The van der Waals surface area contributed by atoms with Crippen molar-refractivity contribution in [2.24, 2.45) is 5.92 Å². The van der Waals surface area contributed by atoms with Gasteiger partial charge in [0.1, 0.15) is 6.04 Å². The van der Waals surface area contributed by atoms with Crippen molar-refractivity contribution >= 4 is 21.7 Å². The molecule has 6 nitrogen and oxygen atoms in total. The number of anilines is 1. The lowest BCUT2D eigenvalue weighted by Crippen LogP contribution is -2.44. The molecule has 0 amide bonds. The van der Waals surface area contributed by atoms with E-state index in [0.29, 0.717) is 12.1 Å². The summed E-state index contributed by atoms with van der Waals surface area (Å²) in [7, 11) is -3.81. The number of carboxylic acid groups (broad SMARTS) is 1. The zero-order chi connectivity index (χ0) is 15.2. The summed E-state index contributed by atoms with van der Waals surface area (Å²) in [6.45, 7) is 0. The molecule has 114 valence electrons. The normalized spacial score (nSPS) is 29.4. The van der Waals surface area contributed by atoms with E-state index in [-0.39, 0.29) is 16.9 Å². The highest BCUT2D eigenvalue weighted by atomic mass is 32.2. The summed E-state index contributed by atoms with van der Waals surface area (Å²) in [6.07, 6.45) is 3.01. The Balaban J connectivity index is 2.02. The molecule has 1 saturated heterocycles. The maximum Gasteiger partial charge on any atom is 0.322 e. The van der Waals surface area contributed by atoms with Crippen LogP contribution in [0.4, 0.5) is 5.69 Å². The van der Waals surface area contributed by atoms with Crippen molar-refractivity contribution in [2.75, 3.05) is 5.73 Å². The van der Waals surface area contributed by atoms with E-state index in [1.54, 1.807) is 0 Å². The highest BCUT2D eigenvalue weighted by molar-refractivity contribution is 7.89. The molecular weight excluding hydrogens is 292 g/mol. The van der Waals surface area contributed by atoms with E-state index in [0.717, 1.165) is 19.3 Å². The monoisotopic (exact) mass is 310 g/mol. The minimum atomic E-state index is -3.81. The van der Waals surface area contributed by atoms with Gasteiger partial charge in [-0.1, -0.05) is 6.42 Å². The summed E-state index contributed by atoms with van der Waals surface area (Å²) >= 11 is 0. The van der Waals surface area contributed by atoms with Gasteiger partial charge in [0.25, 0.3) is 0 Å². The topological polar surface area (TPSA) is 101 Å². The van der Waals surface area contributed by atoms with E-state index in [4.69, 9.17) is 5.73 Å². The number of fused-ring (bicyclic) bond motifs is 1. The summed E-state index contributed by atoms with van der Waals surface area (Å²) in [5, 5.41) is 9.37. The van der Waals surface area contributed by atoms with Crippen molar-refractivity contribution in [2.45, 2.75) is 42.7 Å². The molecule has 3 unspecified atom stereocenters. The number of hydrogen-bond donors (Lipinski definition) is 2. The van der Waals surface area contributed by atoms with E-state index >= 15 is 0 Å². The minimum absolute atomic E-state index is 0.107. The molecule has 1 aliphatic heterocycles. The van der Waals surface area contributed by atoms with Crippen molar-refractivity contribution in [3.8, 4) is 0 Å². The quantitative estimate of drug-likeness (QED) is 0.819. The summed E-state index contributed by atoms with van der Waals surface area (Å²) in [5.41, 5.74) is 6.06. The van der Waals surface area contributed by atoms with Crippen LogP contribution in [0.25, 0.3) is 0 Å². The van der Waals surface area contributed by atoms with Crippen LogP contribution in [-0.2, 0) is 14.8 Å². The van der Waals surface area contributed by atoms with Crippen molar-refractivity contribution in [3.63, 3.8) is 0 Å². The van der Waals surface area contributed by atoms with Crippen LogP contribution in [0.5, 0.6) is 0 Å². The molecule has 0 spiro atoms. The zero-order valence-electron chi connectivity index (χ0n) is 11.5. The van der Waals surface area contributed by atoms with Crippen LogP contribution in [0, 0.1) is 5.92 Å². The molecule has 3 N–H and O–H groups in total. The molecule has 3 rings (SSSR count). The second kappa shape index (κ2) is 4.99. The van der Waals surface area contributed by atoms with Gasteiger partial charge in [0.05, 0.1) is 4.90 Å². The standard InChI is InChI=1S/C14H18N2O4S/c15-10-4-6-11(7-5-10)21(19,20)16-12-3-1-2-9(12)8-13(16)14(17)18/h4-7,9,12-13H,1-3,8,15H2,(H,17,18). The molecule has 0 aromatic heterocycles. The summed E-state index contributed by atoms with van der Waals surface area (Å²) in [5.74, 6) is -0.905. The number of nitrogens with zero attached hydrogens (tertiary/aromatic N) is 1. The summed E-state index contributed by atoms with van der Waals surface area (Å²) in [6, 6.07) is 4.77. The molecule has 3 atom stereocenters. The van der Waals surface area contributed by atoms with Crippen molar-refractivity contribution in [1.82, 2.24) is 4.31 Å². The molecule has 1 aliphatic carbocycles. The van der Waals surface area contributed by atoms with E-state index in [1.165, 1.54) is 28.6 Å². The highest BCUT2D eigenvalue weighted by Crippen LogP contribution is 2.44. The fourth-order valence-electron chi connectivity index (χ4n) is 3.57. The van der Waals surface area contributed by atoms with Gasteiger partial charge in [0.15, 0.2) is 0 Å². The molecule has 2 fully saturated rings. The van der Waals surface area contributed by atoms with Crippen LogP contribution in [0.3, 0.4) is 0 Å². The second-order valence-corrected chi connectivity index (χ2v) is 7.60. The molecule has 21 heavy (non-hydrogen) atoms. The SMILES string of the molecule is Nc1ccc(S(=O)(=O)N2C(C(=O)O)CC3CCCC32)cc1. The Morgan fingerprint density at radius 1 is 1.24 bits per heavy atom. The van der Waals surface area contributed by atoms with Crippen LogP contribution in [0.2, 0.25) is 0 Å². The van der Waals surface area contributed by atoms with Gasteiger partial charge >= 0.3 is 5.97 Å². The molecule has 0 bridgehead atoms. The van der Waals surface area contributed by atoms with Crippen LogP contribution in [0.15, 0.2) is 29.2 Å². The first kappa shape index (κ1) is 14.3. The lowest BCUT2D eigenvalue weighted by Gasteiger charge is -2.26. The van der Waals surface area contributed by atoms with E-state index < -0.39 is 22.0 Å². The maximum absolute atomic E-state index is 12.8. The third kappa shape index (κ3) is 2.30. The number of aliphatic carboxylic acids is 1. The lowest BCUT2D eigenvalue weighted by atomic mass is 10.0. The predicted octanol–water partition coefficient (Wildman–Crippen LogP) is 1.29. The second-order valence-electron chi connectivity index (χ2n) is 5.75. The Hall–Kier alpha value is -1.60. The number of nitrogen functional groups attached to an aromatic ring is 1. The number of carboxylic acids is 1. The van der Waals surface area contributed by atoms with E-state index in [2.05, 4.69) is 0 Å². The van der Waals surface area contributed by atoms with Crippen molar-refractivity contribution in [1.29, 1.82) is 0 Å². The van der Waals surface area contributed by atoms with Crippen molar-refractivity contribution < 1.29 is 18.3 Å². The molecule has 1 aromatic carbocycles. The van der Waals surface area contributed by atoms with Gasteiger partial charge in [-0.2, -0.15) is 4.31 Å². The van der Waals surface area contributed by atoms with Gasteiger partial charge in [0, 0.05) is 11.7 Å². The maximum atomic E-state index is 12.8. The zero-order valence-corrected chi connectivity index (χ0v) is 12.3. The van der Waals surface area contributed by atoms with Gasteiger partial charge < -0.3 is 10.8 Å². The molecular formula is C14H18N2O4S. The Bertz CT molecular complexity index is 656. The number of rotatable bonds is 3. The minimum Gasteiger partial charge on any atom is -0.480 e. The summed E-state index contributed by atoms with van der Waals surface area (Å²) in [4.78, 5) is 11.6. The number of nitrogens with two attached hydrogens (primary N) is 1. The van der Waals surface area contributed by atoms with Crippen LogP contribution >= 0.6 is 0 Å². The van der Waals surface area contributed by atoms with E-state index in [9.17, 15) is 18.3 Å². The van der Waals surface area contributed by atoms with Gasteiger partial charge in [-0.25, -0.2) is 8.42 Å². The van der Waals surface area contributed by atoms with Gasteiger partial charge in [-0.15, -0.1) is 0 Å². The van der Waals surface area contributed by atoms with Crippen LogP contribution in [0.1, 0.15) is 25.7 Å². The average Bonchev–Trinajstić information content (AvgIpc) is 2.98. The Morgan fingerprint density at radius 2 is 1.90 bits per heavy atom. The molecule has 1 heterocycles. The predicted molar refractivity (Wildman–Crippen MR) is 77.0 cm³/mol. The number of benzene rings is 1. The molecule has 7 heteroatoms. The number of carbonyl (C=O) groups is 1. The molecule has 1 aromatic rings. The third-order valence-electron chi connectivity index (χ3n) is 4.52. The van der Waals surface area contributed by atoms with Gasteiger partial charge in [-0.3, -0.25) is 4.79 Å². The highest BCUT2D eigenvalue weighted by Gasteiger charge is 2.52. The van der Waals surface area contributed by atoms with Crippen LogP contribution < -0.4 is 5.73 Å². The van der Waals surface area contributed by atoms with Gasteiger partial charge in [-0.05, 0) is 49.4 Å². The molecule has 0 radical (unpaired) electrons. The average molecular weight is 310 g/mol. The van der Waals surface area contributed by atoms with E-state index in [1.807, 2.05) is 0 Å². The largest absolute Gasteiger partial charge is 0.480 e. The first-order chi connectivity index (χ1) is 9.91. The molecule has 2 aliphatic rings. The van der Waals surface area contributed by atoms with Crippen LogP contribution in [-0.4, -0.2) is 35.9 Å². The summed E-state index contributed by atoms with van der Waals surface area (Å²) < 4.78 is 26.9. The Morgan fingerprint density at radius 3 is 2.52 bits per heavy atom. The Labute approximate surface area is 123 Å². The Kier molecular flexibility index (Phi) is 3.41. The first-order valence-corrected chi connectivity index (χ1v) is 8.47. The van der Waals surface area contributed by atoms with Gasteiger partial charge in [0.2, 0.25) is 10.0 Å². The number of hydrogen-bond acceptors (Lipinski definition) is 4. The van der Waals surface area contributed by atoms with Crippen molar-refractivity contribution in [3.05, 3.63) is 24.3 Å². The smallest absolute Gasteiger partial charge is 0.322 e.